The Labute approximate surface area is 238 Å². The van der Waals surface area contributed by atoms with Gasteiger partial charge < -0.3 is 19.9 Å². The molecule has 1 aromatic carbocycles. The van der Waals surface area contributed by atoms with E-state index in [1.54, 1.807) is 4.90 Å². The molecule has 2 aliphatic carbocycles. The lowest BCUT2D eigenvalue weighted by Crippen LogP contribution is -2.49. The van der Waals surface area contributed by atoms with E-state index in [2.05, 4.69) is 25.1 Å². The molecule has 3 fully saturated rings. The Morgan fingerprint density at radius 2 is 1.68 bits per heavy atom. The van der Waals surface area contributed by atoms with Crippen molar-refractivity contribution in [3.8, 4) is 0 Å². The molecule has 40 heavy (non-hydrogen) atoms. The molecular weight excluding hydrogens is 504 g/mol. The van der Waals surface area contributed by atoms with E-state index in [1.165, 1.54) is 51.3 Å². The first-order valence-corrected chi connectivity index (χ1v) is 14.9. The summed E-state index contributed by atoms with van der Waals surface area (Å²) < 4.78 is 5.49. The molecule has 2 heterocycles. The second-order valence-electron chi connectivity index (χ2n) is 12.5. The normalized spacial score (nSPS) is 18.8. The summed E-state index contributed by atoms with van der Waals surface area (Å²) in [5.41, 5.74) is 1.82. The molecule has 0 spiro atoms. The minimum Gasteiger partial charge on any atom is -0.444 e. The molecule has 0 atom stereocenters. The van der Waals surface area contributed by atoms with Gasteiger partial charge >= 0.3 is 6.09 Å². The van der Waals surface area contributed by atoms with Crippen LogP contribution in [-0.4, -0.2) is 76.1 Å². The molecule has 1 saturated heterocycles. The third kappa shape index (κ3) is 7.93. The number of hydrogen-bond donors (Lipinski definition) is 1. The maximum absolute atomic E-state index is 13.1. The van der Waals surface area contributed by atoms with E-state index < -0.39 is 5.60 Å². The van der Waals surface area contributed by atoms with Gasteiger partial charge in [0.15, 0.2) is 0 Å². The van der Waals surface area contributed by atoms with E-state index in [0.717, 1.165) is 49.2 Å². The molecule has 3 aliphatic rings. The van der Waals surface area contributed by atoms with Gasteiger partial charge in [-0.3, -0.25) is 9.69 Å². The highest BCUT2D eigenvalue weighted by atomic mass is 16.6. The van der Waals surface area contributed by atoms with Gasteiger partial charge in [-0.1, -0.05) is 31.4 Å². The predicted octanol–water partition coefficient (Wildman–Crippen LogP) is 5.33. The van der Waals surface area contributed by atoms with Crippen molar-refractivity contribution >= 4 is 23.5 Å². The number of aromatic nitrogens is 2. The standard InChI is InChI=1S/C31H44N6O3/c1-31(2,3)40-30(39)36-17-15-35(16-18-36)20-23-11-13-25(14-12-23)34-29(38)27-19-28(33-22-32-27)37(21-24-9-10-24)26-7-5-4-6-8-26/h11-14,19,22,24,26H,4-10,15-18,20-21H2,1-3H3,(H,34,38). The number of nitrogens with one attached hydrogen (secondary N) is 1. The Morgan fingerprint density at radius 3 is 2.33 bits per heavy atom. The van der Waals surface area contributed by atoms with Gasteiger partial charge in [0, 0.05) is 57.1 Å². The van der Waals surface area contributed by atoms with Crippen molar-refractivity contribution in [2.24, 2.45) is 5.92 Å². The smallest absolute Gasteiger partial charge is 0.410 e. The Hall–Kier alpha value is -3.20. The van der Waals surface area contributed by atoms with Crippen LogP contribution in [0.4, 0.5) is 16.3 Å². The molecule has 216 valence electrons. The lowest BCUT2D eigenvalue weighted by Gasteiger charge is -2.35. The molecule has 0 bridgehead atoms. The third-order valence-electron chi connectivity index (χ3n) is 7.99. The van der Waals surface area contributed by atoms with Crippen molar-refractivity contribution in [3.05, 3.63) is 47.9 Å². The quantitative estimate of drug-likeness (QED) is 0.477. The lowest BCUT2D eigenvalue weighted by molar-refractivity contribution is 0.0139. The summed E-state index contributed by atoms with van der Waals surface area (Å²) in [5, 5.41) is 3.01. The van der Waals surface area contributed by atoms with Crippen LogP contribution in [0.15, 0.2) is 36.7 Å². The molecule has 0 radical (unpaired) electrons. The Balaban J connectivity index is 1.14. The first-order chi connectivity index (χ1) is 19.2. The van der Waals surface area contributed by atoms with Crippen LogP contribution in [0, 0.1) is 5.92 Å². The number of rotatable bonds is 8. The van der Waals surface area contributed by atoms with Crippen LogP contribution < -0.4 is 10.2 Å². The van der Waals surface area contributed by atoms with Crippen molar-refractivity contribution in [3.63, 3.8) is 0 Å². The van der Waals surface area contributed by atoms with Crippen LogP contribution >= 0.6 is 0 Å². The number of carbonyl (C=O) groups excluding carboxylic acids is 2. The second-order valence-corrected chi connectivity index (χ2v) is 12.5. The first-order valence-electron chi connectivity index (χ1n) is 14.9. The van der Waals surface area contributed by atoms with E-state index in [0.29, 0.717) is 24.8 Å². The number of amides is 2. The highest BCUT2D eigenvalue weighted by Crippen LogP contribution is 2.34. The predicted molar refractivity (Wildman–Crippen MR) is 156 cm³/mol. The van der Waals surface area contributed by atoms with Crippen molar-refractivity contribution in [2.45, 2.75) is 83.9 Å². The Kier molecular flexibility index (Phi) is 8.88. The number of nitrogens with zero attached hydrogens (tertiary/aromatic N) is 5. The zero-order chi connectivity index (χ0) is 28.1. The summed E-state index contributed by atoms with van der Waals surface area (Å²) in [5.74, 6) is 1.41. The molecule has 2 aromatic rings. The molecule has 9 heteroatoms. The van der Waals surface area contributed by atoms with Gasteiger partial charge in [0.1, 0.15) is 23.4 Å². The summed E-state index contributed by atoms with van der Waals surface area (Å²) in [6.45, 7) is 10.4. The van der Waals surface area contributed by atoms with E-state index >= 15 is 0 Å². The monoisotopic (exact) mass is 548 g/mol. The number of ether oxygens (including phenoxy) is 1. The summed E-state index contributed by atoms with van der Waals surface area (Å²) in [6.07, 6.45) is 10.1. The molecular formula is C31H44N6O3. The van der Waals surface area contributed by atoms with Crippen LogP contribution in [0.1, 0.15) is 81.8 Å². The van der Waals surface area contributed by atoms with Gasteiger partial charge in [0.05, 0.1) is 0 Å². The SMILES string of the molecule is CC(C)(C)OC(=O)N1CCN(Cc2ccc(NC(=O)c3cc(N(CC4CC4)C4CCCCC4)ncn3)cc2)CC1. The topological polar surface area (TPSA) is 90.9 Å². The van der Waals surface area contributed by atoms with Gasteiger partial charge in [-0.2, -0.15) is 0 Å². The molecule has 1 N–H and O–H groups in total. The van der Waals surface area contributed by atoms with E-state index in [1.807, 2.05) is 51.1 Å². The zero-order valence-corrected chi connectivity index (χ0v) is 24.3. The van der Waals surface area contributed by atoms with Crippen molar-refractivity contribution in [2.75, 3.05) is 42.9 Å². The fourth-order valence-electron chi connectivity index (χ4n) is 5.59. The molecule has 5 rings (SSSR count). The van der Waals surface area contributed by atoms with Crippen molar-refractivity contribution in [1.82, 2.24) is 19.8 Å². The van der Waals surface area contributed by atoms with Crippen LogP contribution in [0.3, 0.4) is 0 Å². The van der Waals surface area contributed by atoms with E-state index in [4.69, 9.17) is 4.74 Å². The van der Waals surface area contributed by atoms with E-state index in [-0.39, 0.29) is 12.0 Å². The number of anilines is 2. The molecule has 1 aromatic heterocycles. The number of hydrogen-bond acceptors (Lipinski definition) is 7. The van der Waals surface area contributed by atoms with Gasteiger partial charge in [-0.15, -0.1) is 0 Å². The van der Waals surface area contributed by atoms with E-state index in [9.17, 15) is 9.59 Å². The van der Waals surface area contributed by atoms with Crippen LogP contribution in [0.5, 0.6) is 0 Å². The minimum absolute atomic E-state index is 0.218. The maximum Gasteiger partial charge on any atom is 0.410 e. The highest BCUT2D eigenvalue weighted by Gasteiger charge is 2.30. The number of piperazine rings is 1. The Bertz CT molecular complexity index is 1150. The van der Waals surface area contributed by atoms with Gasteiger partial charge in [-0.05, 0) is 70.1 Å². The average Bonchev–Trinajstić information content (AvgIpc) is 3.77. The summed E-state index contributed by atoms with van der Waals surface area (Å²) in [4.78, 5) is 40.8. The largest absolute Gasteiger partial charge is 0.444 e. The number of benzene rings is 1. The van der Waals surface area contributed by atoms with Crippen molar-refractivity contribution in [1.29, 1.82) is 0 Å². The minimum atomic E-state index is -0.480. The van der Waals surface area contributed by atoms with Crippen LogP contribution in [-0.2, 0) is 11.3 Å². The first kappa shape index (κ1) is 28.3. The number of carbonyl (C=O) groups is 2. The fourth-order valence-corrected chi connectivity index (χ4v) is 5.59. The second kappa shape index (κ2) is 12.5. The van der Waals surface area contributed by atoms with Gasteiger partial charge in [0.2, 0.25) is 0 Å². The average molecular weight is 549 g/mol. The molecule has 2 amide bonds. The van der Waals surface area contributed by atoms with Crippen molar-refractivity contribution < 1.29 is 14.3 Å². The Morgan fingerprint density at radius 1 is 0.975 bits per heavy atom. The lowest BCUT2D eigenvalue weighted by atomic mass is 9.94. The molecule has 9 nitrogen and oxygen atoms in total. The molecule has 2 saturated carbocycles. The summed E-state index contributed by atoms with van der Waals surface area (Å²) in [7, 11) is 0. The molecule has 1 aliphatic heterocycles. The summed E-state index contributed by atoms with van der Waals surface area (Å²) >= 11 is 0. The summed E-state index contributed by atoms with van der Waals surface area (Å²) in [6, 6.07) is 10.3. The van der Waals surface area contributed by atoms with Gasteiger partial charge in [0.25, 0.3) is 5.91 Å². The van der Waals surface area contributed by atoms with Crippen LogP contribution in [0.2, 0.25) is 0 Å². The molecule has 0 unspecified atom stereocenters. The fraction of sp³-hybridized carbons (Fsp3) is 0.613. The van der Waals surface area contributed by atoms with Crippen LogP contribution in [0.25, 0.3) is 0 Å². The highest BCUT2D eigenvalue weighted by molar-refractivity contribution is 6.03. The maximum atomic E-state index is 13.1. The van der Waals surface area contributed by atoms with Gasteiger partial charge in [-0.25, -0.2) is 14.8 Å². The third-order valence-corrected chi connectivity index (χ3v) is 7.99. The zero-order valence-electron chi connectivity index (χ0n) is 24.3.